The molecular weight excluding hydrogens is 204 g/mol. The Morgan fingerprint density at radius 1 is 1.50 bits per heavy atom. The molecule has 1 saturated heterocycles. The van der Waals surface area contributed by atoms with Crippen molar-refractivity contribution >= 4 is 5.91 Å². The lowest BCUT2D eigenvalue weighted by Crippen LogP contribution is -2.37. The molecular formula is C12H24N2O2. The van der Waals surface area contributed by atoms with E-state index >= 15 is 0 Å². The van der Waals surface area contributed by atoms with Crippen molar-refractivity contribution in [3.63, 3.8) is 0 Å². The quantitative estimate of drug-likeness (QED) is 0.764. The third kappa shape index (κ3) is 4.10. The molecule has 0 aliphatic carbocycles. The molecule has 0 aromatic heterocycles. The highest BCUT2D eigenvalue weighted by Gasteiger charge is 2.19. The van der Waals surface area contributed by atoms with Crippen molar-refractivity contribution in [3.05, 3.63) is 0 Å². The van der Waals surface area contributed by atoms with Gasteiger partial charge in [-0.25, -0.2) is 0 Å². The number of nitrogens with zero attached hydrogens (tertiary/aromatic N) is 2. The number of likely N-dealkylation sites (N-methyl/N-ethyl adjacent to an activating group) is 1. The van der Waals surface area contributed by atoms with E-state index in [2.05, 4.69) is 11.9 Å². The fraction of sp³-hybridized carbons (Fsp3) is 0.917. The van der Waals surface area contributed by atoms with Crippen molar-refractivity contribution in [1.29, 1.82) is 0 Å². The lowest BCUT2D eigenvalue weighted by Gasteiger charge is -2.30. The predicted octanol–water partition coefficient (Wildman–Crippen LogP) is 0.557. The van der Waals surface area contributed by atoms with Crippen LogP contribution in [0.5, 0.6) is 0 Å². The first kappa shape index (κ1) is 13.5. The summed E-state index contributed by atoms with van der Waals surface area (Å²) >= 11 is 0. The van der Waals surface area contributed by atoms with Crippen LogP contribution in [0.4, 0.5) is 0 Å². The SMILES string of the molecule is CC(O)C(=O)N(C)CCC1CCN(C)CC1. The number of likely N-dealkylation sites (tertiary alicyclic amines) is 1. The molecule has 0 bridgehead atoms. The molecule has 16 heavy (non-hydrogen) atoms. The average Bonchev–Trinajstić information content (AvgIpc) is 2.26. The first-order chi connectivity index (χ1) is 7.50. The fourth-order valence-corrected chi connectivity index (χ4v) is 2.16. The third-order valence-corrected chi connectivity index (χ3v) is 3.44. The molecule has 1 aliphatic rings. The van der Waals surface area contributed by atoms with Crippen LogP contribution in [0.3, 0.4) is 0 Å². The van der Waals surface area contributed by atoms with Crippen molar-refractivity contribution in [2.75, 3.05) is 33.7 Å². The maximum Gasteiger partial charge on any atom is 0.250 e. The normalized spacial score (nSPS) is 20.8. The summed E-state index contributed by atoms with van der Waals surface area (Å²) in [6.07, 6.45) is 2.64. The highest BCUT2D eigenvalue weighted by molar-refractivity contribution is 5.79. The third-order valence-electron chi connectivity index (χ3n) is 3.44. The second kappa shape index (κ2) is 6.21. The highest BCUT2D eigenvalue weighted by atomic mass is 16.3. The van der Waals surface area contributed by atoms with E-state index in [0.29, 0.717) is 0 Å². The smallest absolute Gasteiger partial charge is 0.250 e. The molecule has 1 N–H and O–H groups in total. The van der Waals surface area contributed by atoms with Crippen molar-refractivity contribution in [2.45, 2.75) is 32.3 Å². The summed E-state index contributed by atoms with van der Waals surface area (Å²) in [7, 11) is 3.92. The first-order valence-corrected chi connectivity index (χ1v) is 6.12. The van der Waals surface area contributed by atoms with E-state index in [1.54, 1.807) is 11.9 Å². The van der Waals surface area contributed by atoms with Gasteiger partial charge >= 0.3 is 0 Å². The number of hydrogen-bond acceptors (Lipinski definition) is 3. The van der Waals surface area contributed by atoms with E-state index in [4.69, 9.17) is 5.11 Å². The molecule has 1 unspecified atom stereocenters. The minimum absolute atomic E-state index is 0.173. The summed E-state index contributed by atoms with van der Waals surface area (Å²) in [5.74, 6) is 0.563. The number of hydrogen-bond donors (Lipinski definition) is 1. The number of piperidine rings is 1. The predicted molar refractivity (Wildman–Crippen MR) is 64.2 cm³/mol. The maximum absolute atomic E-state index is 11.4. The maximum atomic E-state index is 11.4. The van der Waals surface area contributed by atoms with Crippen LogP contribution in [0.2, 0.25) is 0 Å². The van der Waals surface area contributed by atoms with Gasteiger partial charge in [-0.2, -0.15) is 0 Å². The van der Waals surface area contributed by atoms with Gasteiger partial charge in [-0.3, -0.25) is 4.79 Å². The number of carbonyl (C=O) groups is 1. The second-order valence-corrected chi connectivity index (χ2v) is 4.97. The molecule has 1 heterocycles. The Morgan fingerprint density at radius 3 is 2.56 bits per heavy atom. The van der Waals surface area contributed by atoms with Gasteiger partial charge < -0.3 is 14.9 Å². The van der Waals surface area contributed by atoms with Crippen LogP contribution < -0.4 is 0 Å². The van der Waals surface area contributed by atoms with E-state index < -0.39 is 6.10 Å². The van der Waals surface area contributed by atoms with E-state index in [-0.39, 0.29) is 5.91 Å². The Balaban J connectivity index is 2.21. The number of amides is 1. The largest absolute Gasteiger partial charge is 0.384 e. The monoisotopic (exact) mass is 228 g/mol. The zero-order chi connectivity index (χ0) is 12.1. The van der Waals surface area contributed by atoms with Crippen LogP contribution in [0.1, 0.15) is 26.2 Å². The second-order valence-electron chi connectivity index (χ2n) is 4.97. The lowest BCUT2D eigenvalue weighted by atomic mass is 9.93. The molecule has 1 amide bonds. The van der Waals surface area contributed by atoms with Crippen molar-refractivity contribution in [3.8, 4) is 0 Å². The summed E-state index contributed by atoms with van der Waals surface area (Å²) in [6, 6.07) is 0. The zero-order valence-electron chi connectivity index (χ0n) is 10.6. The van der Waals surface area contributed by atoms with E-state index in [0.717, 1.165) is 18.9 Å². The van der Waals surface area contributed by atoms with Gasteiger partial charge in [0.05, 0.1) is 0 Å². The van der Waals surface area contributed by atoms with E-state index in [1.165, 1.54) is 32.9 Å². The molecule has 4 heteroatoms. The number of rotatable bonds is 4. The van der Waals surface area contributed by atoms with Crippen LogP contribution in [-0.2, 0) is 4.79 Å². The summed E-state index contributed by atoms with van der Waals surface area (Å²) in [5, 5.41) is 9.17. The average molecular weight is 228 g/mol. The molecule has 0 aromatic carbocycles. The molecule has 1 aliphatic heterocycles. The Morgan fingerprint density at radius 2 is 2.06 bits per heavy atom. The highest BCUT2D eigenvalue weighted by Crippen LogP contribution is 2.19. The van der Waals surface area contributed by atoms with Crippen LogP contribution >= 0.6 is 0 Å². The molecule has 0 radical (unpaired) electrons. The number of carbonyl (C=O) groups excluding carboxylic acids is 1. The van der Waals surface area contributed by atoms with Gasteiger partial charge in [0.25, 0.3) is 5.91 Å². The molecule has 94 valence electrons. The van der Waals surface area contributed by atoms with Crippen LogP contribution in [0.15, 0.2) is 0 Å². The van der Waals surface area contributed by atoms with Gasteiger partial charge in [-0.15, -0.1) is 0 Å². The molecule has 4 nitrogen and oxygen atoms in total. The summed E-state index contributed by atoms with van der Waals surface area (Å²) in [4.78, 5) is 15.4. The molecule has 1 atom stereocenters. The van der Waals surface area contributed by atoms with Crippen LogP contribution in [0.25, 0.3) is 0 Å². The van der Waals surface area contributed by atoms with E-state index in [9.17, 15) is 4.79 Å². The van der Waals surface area contributed by atoms with Crippen molar-refractivity contribution in [1.82, 2.24) is 9.80 Å². The summed E-state index contributed by atoms with van der Waals surface area (Å²) < 4.78 is 0. The van der Waals surface area contributed by atoms with Gasteiger partial charge in [-0.05, 0) is 52.2 Å². The van der Waals surface area contributed by atoms with Crippen molar-refractivity contribution in [2.24, 2.45) is 5.92 Å². The van der Waals surface area contributed by atoms with Gasteiger partial charge in [0.2, 0.25) is 0 Å². The Kier molecular flexibility index (Phi) is 5.22. The number of aliphatic hydroxyl groups is 1. The minimum Gasteiger partial charge on any atom is -0.384 e. The summed E-state index contributed by atoms with van der Waals surface area (Å²) in [5.41, 5.74) is 0. The van der Waals surface area contributed by atoms with E-state index in [1.807, 2.05) is 0 Å². The Bertz CT molecular complexity index is 223. The fourth-order valence-electron chi connectivity index (χ4n) is 2.16. The standard InChI is InChI=1S/C12H24N2O2/c1-10(15)12(16)14(3)9-6-11-4-7-13(2)8-5-11/h10-11,15H,4-9H2,1-3H3. The molecule has 0 saturated carbocycles. The van der Waals surface area contributed by atoms with Crippen LogP contribution in [-0.4, -0.2) is 60.6 Å². The van der Waals surface area contributed by atoms with Gasteiger partial charge in [0.1, 0.15) is 6.10 Å². The molecule has 0 aromatic rings. The number of aliphatic hydroxyl groups excluding tert-OH is 1. The first-order valence-electron chi connectivity index (χ1n) is 6.12. The van der Waals surface area contributed by atoms with Gasteiger partial charge in [0, 0.05) is 13.6 Å². The molecule has 1 fully saturated rings. The zero-order valence-corrected chi connectivity index (χ0v) is 10.6. The van der Waals surface area contributed by atoms with Gasteiger partial charge in [-0.1, -0.05) is 0 Å². The molecule has 0 spiro atoms. The topological polar surface area (TPSA) is 43.8 Å². The van der Waals surface area contributed by atoms with Crippen LogP contribution in [0, 0.1) is 5.92 Å². The Labute approximate surface area is 98.2 Å². The minimum atomic E-state index is -0.873. The Hall–Kier alpha value is -0.610. The van der Waals surface area contributed by atoms with Gasteiger partial charge in [0.15, 0.2) is 0 Å². The summed E-state index contributed by atoms with van der Waals surface area (Å²) in [6.45, 7) is 4.62. The molecule has 1 rings (SSSR count). The van der Waals surface area contributed by atoms with Crippen molar-refractivity contribution < 1.29 is 9.90 Å². The lowest BCUT2D eigenvalue weighted by molar-refractivity contribution is -0.138.